The molecular weight excluding hydrogens is 270 g/mol. The molecule has 0 amide bonds. The van der Waals surface area contributed by atoms with E-state index in [0.717, 1.165) is 10.8 Å². The molecule has 0 aliphatic carbocycles. The predicted octanol–water partition coefficient (Wildman–Crippen LogP) is 4.76. The van der Waals surface area contributed by atoms with Gasteiger partial charge in [-0.2, -0.15) is 0 Å². The van der Waals surface area contributed by atoms with E-state index in [4.69, 9.17) is 16.3 Å². The minimum Gasteiger partial charge on any atom is -0.497 e. The number of hydrogen-bond donors (Lipinski definition) is 1. The van der Waals surface area contributed by atoms with Crippen LogP contribution < -0.4 is 10.1 Å². The normalized spacial score (nSPS) is 13.8. The molecule has 2 aromatic rings. The first-order valence-corrected chi connectivity index (χ1v) is 7.13. The zero-order valence-corrected chi connectivity index (χ0v) is 12.8. The third kappa shape index (κ3) is 3.75. The molecule has 0 spiro atoms. The summed E-state index contributed by atoms with van der Waals surface area (Å²) in [5, 5.41) is 4.35. The molecule has 3 heteroatoms. The van der Waals surface area contributed by atoms with E-state index in [1.165, 1.54) is 11.1 Å². The van der Waals surface area contributed by atoms with Crippen molar-refractivity contribution in [2.45, 2.75) is 25.9 Å². The number of benzene rings is 2. The molecule has 2 aromatic carbocycles. The van der Waals surface area contributed by atoms with Crippen LogP contribution in [0.5, 0.6) is 5.75 Å². The fourth-order valence-corrected chi connectivity index (χ4v) is 2.45. The van der Waals surface area contributed by atoms with Gasteiger partial charge in [0.15, 0.2) is 0 Å². The summed E-state index contributed by atoms with van der Waals surface area (Å²) in [4.78, 5) is 0. The van der Waals surface area contributed by atoms with E-state index in [9.17, 15) is 0 Å². The van der Waals surface area contributed by atoms with E-state index in [-0.39, 0.29) is 12.1 Å². The van der Waals surface area contributed by atoms with Gasteiger partial charge < -0.3 is 10.1 Å². The molecule has 1 unspecified atom stereocenters. The fourth-order valence-electron chi connectivity index (χ4n) is 2.25. The quantitative estimate of drug-likeness (QED) is 0.857. The van der Waals surface area contributed by atoms with E-state index in [1.54, 1.807) is 7.11 Å². The Kier molecular flexibility index (Phi) is 5.05. The molecule has 0 fully saturated rings. The summed E-state index contributed by atoms with van der Waals surface area (Å²) in [6, 6.07) is 16.5. The fraction of sp³-hybridized carbons (Fsp3) is 0.294. The SMILES string of the molecule is COc1cccc(C(C)N[C@@H](C)c2cccc(Cl)c2)c1. The Morgan fingerprint density at radius 1 is 0.950 bits per heavy atom. The number of ether oxygens (including phenoxy) is 1. The zero-order valence-electron chi connectivity index (χ0n) is 12.1. The highest BCUT2D eigenvalue weighted by atomic mass is 35.5. The number of halogens is 1. The van der Waals surface area contributed by atoms with E-state index in [0.29, 0.717) is 0 Å². The van der Waals surface area contributed by atoms with E-state index < -0.39 is 0 Å². The minimum atomic E-state index is 0.231. The minimum absolute atomic E-state index is 0.231. The van der Waals surface area contributed by atoms with Gasteiger partial charge in [0.1, 0.15) is 5.75 Å². The maximum absolute atomic E-state index is 6.04. The Morgan fingerprint density at radius 2 is 1.55 bits per heavy atom. The molecule has 2 nitrogen and oxygen atoms in total. The van der Waals surface area contributed by atoms with Crippen molar-refractivity contribution in [2.24, 2.45) is 0 Å². The lowest BCUT2D eigenvalue weighted by Crippen LogP contribution is -2.22. The van der Waals surface area contributed by atoms with Crippen LogP contribution in [0.2, 0.25) is 5.02 Å². The van der Waals surface area contributed by atoms with E-state index in [2.05, 4.69) is 37.4 Å². The maximum Gasteiger partial charge on any atom is 0.119 e. The molecule has 0 radical (unpaired) electrons. The molecular formula is C17H20ClNO. The number of nitrogens with one attached hydrogen (secondary N) is 1. The number of methoxy groups -OCH3 is 1. The average molecular weight is 290 g/mol. The van der Waals surface area contributed by atoms with Gasteiger partial charge in [0.05, 0.1) is 7.11 Å². The van der Waals surface area contributed by atoms with Crippen molar-refractivity contribution < 1.29 is 4.74 Å². The van der Waals surface area contributed by atoms with Gasteiger partial charge in [-0.25, -0.2) is 0 Å². The molecule has 20 heavy (non-hydrogen) atoms. The Hall–Kier alpha value is -1.51. The van der Waals surface area contributed by atoms with Crippen molar-refractivity contribution in [3.05, 3.63) is 64.7 Å². The first-order valence-electron chi connectivity index (χ1n) is 6.75. The highest BCUT2D eigenvalue weighted by molar-refractivity contribution is 6.30. The van der Waals surface area contributed by atoms with Crippen molar-refractivity contribution in [2.75, 3.05) is 7.11 Å². The third-order valence-corrected chi connectivity index (χ3v) is 3.68. The molecule has 2 atom stereocenters. The standard InChI is InChI=1S/C17H20ClNO/c1-12(14-6-4-8-16(18)10-14)19-13(2)15-7-5-9-17(11-15)20-3/h4-13,19H,1-3H3/t12-,13?/m0/s1. The van der Waals surface area contributed by atoms with Gasteiger partial charge in [0.25, 0.3) is 0 Å². The van der Waals surface area contributed by atoms with Crippen LogP contribution in [0.3, 0.4) is 0 Å². The molecule has 0 aromatic heterocycles. The lowest BCUT2D eigenvalue weighted by atomic mass is 10.0. The number of hydrogen-bond acceptors (Lipinski definition) is 2. The molecule has 0 saturated heterocycles. The van der Waals surface area contributed by atoms with Crippen LogP contribution in [0, 0.1) is 0 Å². The summed E-state index contributed by atoms with van der Waals surface area (Å²) >= 11 is 6.04. The van der Waals surface area contributed by atoms with Gasteiger partial charge in [-0.15, -0.1) is 0 Å². The molecule has 106 valence electrons. The summed E-state index contributed by atoms with van der Waals surface area (Å²) in [5.74, 6) is 0.881. The second-order valence-electron chi connectivity index (χ2n) is 4.94. The largest absolute Gasteiger partial charge is 0.497 e. The van der Waals surface area contributed by atoms with Crippen molar-refractivity contribution in [3.63, 3.8) is 0 Å². The molecule has 2 rings (SSSR count). The van der Waals surface area contributed by atoms with Crippen molar-refractivity contribution >= 4 is 11.6 Å². The van der Waals surface area contributed by atoms with Crippen molar-refractivity contribution in [1.82, 2.24) is 5.32 Å². The first kappa shape index (κ1) is 14.9. The third-order valence-electron chi connectivity index (χ3n) is 3.44. The first-order chi connectivity index (χ1) is 9.60. The lowest BCUT2D eigenvalue weighted by Gasteiger charge is -2.21. The Balaban J connectivity index is 2.08. The van der Waals surface area contributed by atoms with Gasteiger partial charge in [-0.05, 0) is 49.2 Å². The number of rotatable bonds is 5. The van der Waals surface area contributed by atoms with Gasteiger partial charge in [0.2, 0.25) is 0 Å². The Morgan fingerprint density at radius 3 is 2.15 bits per heavy atom. The molecule has 0 aliphatic rings. The van der Waals surface area contributed by atoms with Crippen molar-refractivity contribution in [1.29, 1.82) is 0 Å². The van der Waals surface area contributed by atoms with Crippen LogP contribution in [0.15, 0.2) is 48.5 Å². The van der Waals surface area contributed by atoms with E-state index in [1.807, 2.05) is 30.3 Å². The zero-order chi connectivity index (χ0) is 14.5. The van der Waals surface area contributed by atoms with Crippen LogP contribution in [-0.4, -0.2) is 7.11 Å². The highest BCUT2D eigenvalue weighted by Gasteiger charge is 2.11. The van der Waals surface area contributed by atoms with Crippen LogP contribution >= 0.6 is 11.6 Å². The van der Waals surface area contributed by atoms with E-state index >= 15 is 0 Å². The average Bonchev–Trinajstić information content (AvgIpc) is 2.47. The second kappa shape index (κ2) is 6.78. The monoisotopic (exact) mass is 289 g/mol. The molecule has 0 bridgehead atoms. The van der Waals surface area contributed by atoms with Crippen LogP contribution in [-0.2, 0) is 0 Å². The summed E-state index contributed by atoms with van der Waals surface area (Å²) in [5.41, 5.74) is 2.39. The predicted molar refractivity (Wildman–Crippen MR) is 84.4 cm³/mol. The van der Waals surface area contributed by atoms with Crippen molar-refractivity contribution in [3.8, 4) is 5.75 Å². The molecule has 0 saturated carbocycles. The smallest absolute Gasteiger partial charge is 0.119 e. The van der Waals surface area contributed by atoms with Gasteiger partial charge in [-0.1, -0.05) is 35.9 Å². The van der Waals surface area contributed by atoms with Gasteiger partial charge in [0, 0.05) is 17.1 Å². The summed E-state index contributed by atoms with van der Waals surface area (Å²) in [7, 11) is 1.69. The molecule has 0 aliphatic heterocycles. The lowest BCUT2D eigenvalue weighted by molar-refractivity contribution is 0.412. The maximum atomic E-state index is 6.04. The molecule has 0 heterocycles. The summed E-state index contributed by atoms with van der Waals surface area (Å²) < 4.78 is 5.27. The van der Waals surface area contributed by atoms with Gasteiger partial charge >= 0.3 is 0 Å². The Bertz CT molecular complexity index is 570. The second-order valence-corrected chi connectivity index (χ2v) is 5.38. The van der Waals surface area contributed by atoms with Crippen LogP contribution in [0.4, 0.5) is 0 Å². The summed E-state index contributed by atoms with van der Waals surface area (Å²) in [6.45, 7) is 4.29. The highest BCUT2D eigenvalue weighted by Crippen LogP contribution is 2.23. The topological polar surface area (TPSA) is 21.3 Å². The Labute approximate surface area is 125 Å². The summed E-state index contributed by atoms with van der Waals surface area (Å²) in [6.07, 6.45) is 0. The van der Waals surface area contributed by atoms with Crippen LogP contribution in [0.25, 0.3) is 0 Å². The van der Waals surface area contributed by atoms with Gasteiger partial charge in [-0.3, -0.25) is 0 Å². The molecule has 1 N–H and O–H groups in total. The van der Waals surface area contributed by atoms with Crippen LogP contribution in [0.1, 0.15) is 37.1 Å².